The minimum Gasteiger partial charge on any atom is -0.371 e. The summed E-state index contributed by atoms with van der Waals surface area (Å²) in [6, 6.07) is 12.2. The van der Waals surface area contributed by atoms with Crippen LogP contribution in [0.5, 0.6) is 0 Å². The van der Waals surface area contributed by atoms with Gasteiger partial charge in [0.1, 0.15) is 6.10 Å². The number of hydrogen-bond donors (Lipinski definition) is 1. The van der Waals surface area contributed by atoms with Crippen LogP contribution < -0.4 is 5.32 Å². The van der Waals surface area contributed by atoms with Crippen LogP contribution in [0.25, 0.3) is 0 Å². The van der Waals surface area contributed by atoms with Crippen molar-refractivity contribution >= 4 is 17.7 Å². The molecule has 1 aromatic carbocycles. The van der Waals surface area contributed by atoms with E-state index in [4.69, 9.17) is 4.74 Å². The van der Waals surface area contributed by atoms with Gasteiger partial charge >= 0.3 is 0 Å². The average Bonchev–Trinajstić information content (AvgIpc) is 2.62. The van der Waals surface area contributed by atoms with Crippen molar-refractivity contribution in [1.82, 2.24) is 10.3 Å². The molecule has 0 bridgehead atoms. The highest BCUT2D eigenvalue weighted by Crippen LogP contribution is 2.29. The topological polar surface area (TPSA) is 51.2 Å². The SMILES string of the molecule is Cc1ccc([C@@H]2OCCC[C@H]2NC(=O)CSc2ccncc2)cc1. The van der Waals surface area contributed by atoms with E-state index in [1.807, 2.05) is 12.1 Å². The molecule has 1 amide bonds. The van der Waals surface area contributed by atoms with Crippen LogP contribution >= 0.6 is 11.8 Å². The summed E-state index contributed by atoms with van der Waals surface area (Å²) in [5.74, 6) is 0.450. The normalized spacial score (nSPS) is 20.5. The van der Waals surface area contributed by atoms with Gasteiger partial charge in [-0.25, -0.2) is 0 Å². The number of carbonyl (C=O) groups is 1. The standard InChI is InChI=1S/C19H22N2O2S/c1-14-4-6-15(7-5-14)19-17(3-2-12-23-19)21-18(22)13-24-16-8-10-20-11-9-16/h4-11,17,19H,2-3,12-13H2,1H3,(H,21,22)/t17-,19+/m1/s1. The van der Waals surface area contributed by atoms with Crippen LogP contribution in [0.15, 0.2) is 53.7 Å². The van der Waals surface area contributed by atoms with Crippen molar-refractivity contribution in [2.75, 3.05) is 12.4 Å². The summed E-state index contributed by atoms with van der Waals surface area (Å²) in [6.45, 7) is 2.82. The maximum absolute atomic E-state index is 12.3. The predicted octanol–water partition coefficient (Wildman–Crippen LogP) is 3.52. The van der Waals surface area contributed by atoms with Gasteiger partial charge in [0.05, 0.1) is 11.8 Å². The van der Waals surface area contributed by atoms with E-state index < -0.39 is 0 Å². The van der Waals surface area contributed by atoms with Crippen molar-refractivity contribution in [3.8, 4) is 0 Å². The predicted molar refractivity (Wildman–Crippen MR) is 96.0 cm³/mol. The number of hydrogen-bond acceptors (Lipinski definition) is 4. The fraction of sp³-hybridized carbons (Fsp3) is 0.368. The van der Waals surface area contributed by atoms with Gasteiger partial charge in [-0.15, -0.1) is 11.8 Å². The number of amides is 1. The molecule has 0 radical (unpaired) electrons. The van der Waals surface area contributed by atoms with Gasteiger partial charge < -0.3 is 10.1 Å². The number of aryl methyl sites for hydroxylation is 1. The van der Waals surface area contributed by atoms with Crippen LogP contribution in [0.1, 0.15) is 30.1 Å². The molecule has 126 valence electrons. The van der Waals surface area contributed by atoms with E-state index in [1.165, 1.54) is 17.3 Å². The molecule has 0 unspecified atom stereocenters. The lowest BCUT2D eigenvalue weighted by molar-refractivity contribution is -0.121. The average molecular weight is 342 g/mol. The molecule has 0 aliphatic carbocycles. The van der Waals surface area contributed by atoms with E-state index in [0.29, 0.717) is 5.75 Å². The molecule has 24 heavy (non-hydrogen) atoms. The monoisotopic (exact) mass is 342 g/mol. The lowest BCUT2D eigenvalue weighted by atomic mass is 9.95. The Kier molecular flexibility index (Phi) is 5.88. The van der Waals surface area contributed by atoms with Crippen LogP contribution in [0, 0.1) is 6.92 Å². The van der Waals surface area contributed by atoms with Crippen molar-refractivity contribution < 1.29 is 9.53 Å². The quantitative estimate of drug-likeness (QED) is 0.845. The minimum absolute atomic E-state index is 0.0343. The first-order valence-corrected chi connectivity index (χ1v) is 9.21. The Bertz CT molecular complexity index is 661. The molecule has 2 atom stereocenters. The maximum atomic E-state index is 12.3. The molecule has 1 aromatic heterocycles. The second kappa shape index (κ2) is 8.31. The maximum Gasteiger partial charge on any atom is 0.230 e. The molecule has 1 N–H and O–H groups in total. The zero-order valence-electron chi connectivity index (χ0n) is 13.8. The third-order valence-corrected chi connectivity index (χ3v) is 5.11. The van der Waals surface area contributed by atoms with Crippen LogP contribution in [0.3, 0.4) is 0 Å². The van der Waals surface area contributed by atoms with E-state index >= 15 is 0 Å². The number of nitrogens with one attached hydrogen (secondary N) is 1. The van der Waals surface area contributed by atoms with Crippen LogP contribution in [0.4, 0.5) is 0 Å². The summed E-state index contributed by atoms with van der Waals surface area (Å²) >= 11 is 1.52. The van der Waals surface area contributed by atoms with Crippen molar-refractivity contribution in [2.45, 2.75) is 36.8 Å². The number of thioether (sulfide) groups is 1. The molecular formula is C19H22N2O2S. The number of nitrogens with zero attached hydrogens (tertiary/aromatic N) is 1. The zero-order chi connectivity index (χ0) is 16.8. The Morgan fingerprint density at radius 3 is 2.75 bits per heavy atom. The minimum atomic E-state index is -0.0609. The highest BCUT2D eigenvalue weighted by molar-refractivity contribution is 8.00. The van der Waals surface area contributed by atoms with E-state index in [1.54, 1.807) is 12.4 Å². The third kappa shape index (κ3) is 4.58. The fourth-order valence-electron chi connectivity index (χ4n) is 2.85. The fourth-order valence-corrected chi connectivity index (χ4v) is 3.54. The van der Waals surface area contributed by atoms with Gasteiger partial charge in [0, 0.05) is 23.9 Å². The van der Waals surface area contributed by atoms with E-state index in [9.17, 15) is 4.79 Å². The Hall–Kier alpha value is -1.85. The summed E-state index contributed by atoms with van der Waals surface area (Å²) in [6.07, 6.45) is 5.34. The third-order valence-electron chi connectivity index (χ3n) is 4.09. The van der Waals surface area contributed by atoms with Crippen LogP contribution in [-0.2, 0) is 9.53 Å². The number of rotatable bonds is 5. The van der Waals surface area contributed by atoms with E-state index in [0.717, 1.165) is 29.9 Å². The second-order valence-corrected chi connectivity index (χ2v) is 7.04. The van der Waals surface area contributed by atoms with Gasteiger partial charge in [0.2, 0.25) is 5.91 Å². The first-order valence-electron chi connectivity index (χ1n) is 8.23. The number of pyridine rings is 1. The van der Waals surface area contributed by atoms with Gasteiger partial charge in [0.15, 0.2) is 0 Å². The summed E-state index contributed by atoms with van der Waals surface area (Å²) in [5.41, 5.74) is 2.36. The van der Waals surface area contributed by atoms with Crippen LogP contribution in [-0.4, -0.2) is 29.3 Å². The molecule has 1 aliphatic rings. The largest absolute Gasteiger partial charge is 0.371 e. The van der Waals surface area contributed by atoms with E-state index in [2.05, 4.69) is 41.5 Å². The number of benzene rings is 1. The molecule has 2 aromatic rings. The van der Waals surface area contributed by atoms with Crippen molar-refractivity contribution in [3.05, 3.63) is 59.9 Å². The molecule has 5 heteroatoms. The molecule has 1 saturated heterocycles. The van der Waals surface area contributed by atoms with Crippen molar-refractivity contribution in [1.29, 1.82) is 0 Å². The number of ether oxygens (including phenoxy) is 1. The molecule has 0 spiro atoms. The van der Waals surface area contributed by atoms with Crippen molar-refractivity contribution in [3.63, 3.8) is 0 Å². The Morgan fingerprint density at radius 2 is 2.00 bits per heavy atom. The molecule has 1 aliphatic heterocycles. The van der Waals surface area contributed by atoms with Gasteiger partial charge in [-0.1, -0.05) is 29.8 Å². The highest BCUT2D eigenvalue weighted by Gasteiger charge is 2.28. The first kappa shape index (κ1) is 17.0. The number of aromatic nitrogens is 1. The lowest BCUT2D eigenvalue weighted by Gasteiger charge is -2.32. The van der Waals surface area contributed by atoms with Gasteiger partial charge in [0.25, 0.3) is 0 Å². The zero-order valence-corrected chi connectivity index (χ0v) is 14.6. The number of carbonyl (C=O) groups excluding carboxylic acids is 1. The van der Waals surface area contributed by atoms with Crippen molar-refractivity contribution in [2.24, 2.45) is 0 Å². The van der Waals surface area contributed by atoms with Gasteiger partial charge in [-0.05, 0) is 37.5 Å². The van der Waals surface area contributed by atoms with Crippen LogP contribution in [0.2, 0.25) is 0 Å². The summed E-state index contributed by atoms with van der Waals surface area (Å²) in [7, 11) is 0. The van der Waals surface area contributed by atoms with E-state index in [-0.39, 0.29) is 18.1 Å². The smallest absolute Gasteiger partial charge is 0.230 e. The van der Waals surface area contributed by atoms with Gasteiger partial charge in [-0.2, -0.15) is 0 Å². The second-order valence-electron chi connectivity index (χ2n) is 5.99. The lowest BCUT2D eigenvalue weighted by Crippen LogP contribution is -2.43. The van der Waals surface area contributed by atoms with Gasteiger partial charge in [-0.3, -0.25) is 9.78 Å². The molecular weight excluding hydrogens is 320 g/mol. The molecule has 0 saturated carbocycles. The Balaban J connectivity index is 1.59. The summed E-state index contributed by atoms with van der Waals surface area (Å²) in [4.78, 5) is 17.3. The summed E-state index contributed by atoms with van der Waals surface area (Å²) in [5, 5.41) is 3.15. The Morgan fingerprint density at radius 1 is 1.25 bits per heavy atom. The molecule has 1 fully saturated rings. The Labute approximate surface area is 147 Å². The first-order chi connectivity index (χ1) is 11.7. The highest BCUT2D eigenvalue weighted by atomic mass is 32.2. The molecule has 4 nitrogen and oxygen atoms in total. The molecule has 2 heterocycles. The summed E-state index contributed by atoms with van der Waals surface area (Å²) < 4.78 is 5.95. The molecule has 3 rings (SSSR count).